The van der Waals surface area contributed by atoms with Crippen LogP contribution in [0.15, 0.2) is 0 Å². The maximum Gasteiger partial charge on any atom is 0.223 e. The zero-order valence-corrected chi connectivity index (χ0v) is 12.1. The van der Waals surface area contributed by atoms with Gasteiger partial charge in [0.25, 0.3) is 0 Å². The van der Waals surface area contributed by atoms with Crippen LogP contribution in [-0.4, -0.2) is 51.9 Å². The summed E-state index contributed by atoms with van der Waals surface area (Å²) in [6.45, 7) is 6.36. The molecule has 4 nitrogen and oxygen atoms in total. The van der Waals surface area contributed by atoms with Crippen LogP contribution < -0.4 is 0 Å². The summed E-state index contributed by atoms with van der Waals surface area (Å²) in [5.74, 6) is 1.49. The molecule has 2 fully saturated rings. The largest absolute Gasteiger partial charge is 0.336 e. The average Bonchev–Trinajstić information content (AvgIpc) is 2.71. The molecule has 2 saturated heterocycles. The third-order valence-electron chi connectivity index (χ3n) is 3.63. The molecule has 2 rings (SSSR count). The quantitative estimate of drug-likeness (QED) is 0.780. The van der Waals surface area contributed by atoms with E-state index in [4.69, 9.17) is 0 Å². The van der Waals surface area contributed by atoms with Crippen molar-refractivity contribution in [2.45, 2.75) is 44.4 Å². The molecule has 0 saturated carbocycles. The molecule has 0 aromatic rings. The van der Waals surface area contributed by atoms with Gasteiger partial charge in [-0.05, 0) is 12.8 Å². The topological polar surface area (TPSA) is 40.6 Å². The smallest absolute Gasteiger partial charge is 0.223 e. The molecule has 0 bridgehead atoms. The number of amides is 2. The van der Waals surface area contributed by atoms with Gasteiger partial charge in [0.2, 0.25) is 11.8 Å². The Morgan fingerprint density at radius 2 is 1.72 bits per heavy atom. The lowest BCUT2D eigenvalue weighted by atomic mass is 10.0. The lowest BCUT2D eigenvalue weighted by Gasteiger charge is -2.51. The van der Waals surface area contributed by atoms with Crippen LogP contribution >= 0.6 is 11.8 Å². The Morgan fingerprint density at radius 3 is 2.33 bits per heavy atom. The van der Waals surface area contributed by atoms with Gasteiger partial charge in [-0.2, -0.15) is 0 Å². The number of hydrogen-bond donors (Lipinski definition) is 0. The van der Waals surface area contributed by atoms with E-state index in [1.165, 1.54) is 0 Å². The fourth-order valence-corrected chi connectivity index (χ4v) is 4.17. The van der Waals surface area contributed by atoms with Crippen LogP contribution in [-0.2, 0) is 9.59 Å². The third-order valence-corrected chi connectivity index (χ3v) is 5.04. The molecule has 2 amide bonds. The molecule has 18 heavy (non-hydrogen) atoms. The van der Waals surface area contributed by atoms with E-state index < -0.39 is 0 Å². The summed E-state index contributed by atoms with van der Waals surface area (Å²) < 4.78 is 0. The summed E-state index contributed by atoms with van der Waals surface area (Å²) >= 11 is 1.84. The summed E-state index contributed by atoms with van der Waals surface area (Å²) in [4.78, 5) is 27.7. The normalized spacial score (nSPS) is 21.2. The maximum atomic E-state index is 12.1. The van der Waals surface area contributed by atoms with Crippen LogP contribution in [0.2, 0.25) is 0 Å². The molecule has 0 aromatic carbocycles. The van der Waals surface area contributed by atoms with E-state index in [-0.39, 0.29) is 16.7 Å². The summed E-state index contributed by atoms with van der Waals surface area (Å²) in [5, 5.41) is 0. The molecular weight excluding hydrogens is 248 g/mol. The highest BCUT2D eigenvalue weighted by Crippen LogP contribution is 2.43. The van der Waals surface area contributed by atoms with E-state index in [9.17, 15) is 9.59 Å². The highest BCUT2D eigenvalue weighted by atomic mass is 32.2. The number of nitrogens with zero attached hydrogens (tertiary/aromatic N) is 2. The Kier molecular flexibility index (Phi) is 4.20. The van der Waals surface area contributed by atoms with Crippen LogP contribution in [0.1, 0.15) is 39.5 Å². The zero-order valence-electron chi connectivity index (χ0n) is 11.3. The Hall–Kier alpha value is -0.710. The monoisotopic (exact) mass is 270 g/mol. The number of carbonyl (C=O) groups is 2. The minimum absolute atomic E-state index is 0.0876. The van der Waals surface area contributed by atoms with Crippen LogP contribution in [0.5, 0.6) is 0 Å². The average molecular weight is 270 g/mol. The van der Waals surface area contributed by atoms with Gasteiger partial charge in [0.15, 0.2) is 0 Å². The van der Waals surface area contributed by atoms with Gasteiger partial charge < -0.3 is 9.80 Å². The van der Waals surface area contributed by atoms with Crippen LogP contribution in [0.3, 0.4) is 0 Å². The van der Waals surface area contributed by atoms with Gasteiger partial charge >= 0.3 is 0 Å². The molecule has 5 heteroatoms. The van der Waals surface area contributed by atoms with Gasteiger partial charge in [-0.25, -0.2) is 0 Å². The van der Waals surface area contributed by atoms with Gasteiger partial charge in [-0.1, -0.05) is 13.8 Å². The molecule has 0 aliphatic carbocycles. The molecule has 0 unspecified atom stereocenters. The zero-order chi connectivity index (χ0) is 13.2. The molecule has 102 valence electrons. The SMILES string of the molecule is CCCC(=O)N1CC2(C1)SCCN2C(=O)CCC. The van der Waals surface area contributed by atoms with Gasteiger partial charge in [0, 0.05) is 25.1 Å². The van der Waals surface area contributed by atoms with E-state index in [1.807, 2.05) is 35.4 Å². The van der Waals surface area contributed by atoms with Gasteiger partial charge in [-0.3, -0.25) is 9.59 Å². The van der Waals surface area contributed by atoms with Crippen molar-refractivity contribution in [3.8, 4) is 0 Å². The molecule has 0 atom stereocenters. The predicted molar refractivity (Wildman–Crippen MR) is 73.3 cm³/mol. The van der Waals surface area contributed by atoms with Crippen molar-refractivity contribution in [2.24, 2.45) is 0 Å². The van der Waals surface area contributed by atoms with Crippen LogP contribution in [0, 0.1) is 0 Å². The molecule has 1 spiro atoms. The first-order valence-electron chi connectivity index (χ1n) is 6.85. The van der Waals surface area contributed by atoms with Crippen molar-refractivity contribution in [1.82, 2.24) is 9.80 Å². The second-order valence-corrected chi connectivity index (χ2v) is 6.55. The third kappa shape index (κ3) is 2.37. The number of hydrogen-bond acceptors (Lipinski definition) is 3. The second kappa shape index (κ2) is 5.51. The fraction of sp³-hybridized carbons (Fsp3) is 0.846. The van der Waals surface area contributed by atoms with Gasteiger partial charge in [0.1, 0.15) is 4.87 Å². The van der Waals surface area contributed by atoms with Gasteiger partial charge in [-0.15, -0.1) is 11.8 Å². The summed E-state index contributed by atoms with van der Waals surface area (Å²) in [7, 11) is 0. The maximum absolute atomic E-state index is 12.1. The highest BCUT2D eigenvalue weighted by molar-refractivity contribution is 8.01. The van der Waals surface area contributed by atoms with E-state index in [1.54, 1.807) is 0 Å². The van der Waals surface area contributed by atoms with E-state index in [0.29, 0.717) is 12.8 Å². The van der Waals surface area contributed by atoms with E-state index in [2.05, 4.69) is 0 Å². The molecule has 2 aliphatic heterocycles. The van der Waals surface area contributed by atoms with Gasteiger partial charge in [0.05, 0.1) is 13.1 Å². The molecule has 2 heterocycles. The number of carbonyl (C=O) groups excluding carboxylic acids is 2. The number of thioether (sulfide) groups is 1. The van der Waals surface area contributed by atoms with Crippen molar-refractivity contribution >= 4 is 23.6 Å². The van der Waals surface area contributed by atoms with Crippen molar-refractivity contribution < 1.29 is 9.59 Å². The Balaban J connectivity index is 1.93. The Morgan fingerprint density at radius 1 is 1.11 bits per heavy atom. The standard InChI is InChI=1S/C13H22N2O2S/c1-3-5-11(16)14-9-13(10-14)15(7-8-18-13)12(17)6-4-2/h3-10H2,1-2H3. The second-order valence-electron chi connectivity index (χ2n) is 5.09. The first-order chi connectivity index (χ1) is 8.63. The Labute approximate surface area is 113 Å². The van der Waals surface area contributed by atoms with E-state index in [0.717, 1.165) is 38.2 Å². The van der Waals surface area contributed by atoms with E-state index >= 15 is 0 Å². The Bertz CT molecular complexity index is 340. The number of likely N-dealkylation sites (tertiary alicyclic amines) is 1. The van der Waals surface area contributed by atoms with Crippen molar-refractivity contribution in [3.63, 3.8) is 0 Å². The van der Waals surface area contributed by atoms with Crippen molar-refractivity contribution in [2.75, 3.05) is 25.4 Å². The lowest BCUT2D eigenvalue weighted by molar-refractivity contribution is -0.148. The minimum atomic E-state index is -0.0876. The highest BCUT2D eigenvalue weighted by Gasteiger charge is 2.53. The minimum Gasteiger partial charge on any atom is -0.336 e. The lowest BCUT2D eigenvalue weighted by Crippen LogP contribution is -2.68. The summed E-state index contributed by atoms with van der Waals surface area (Å²) in [5.41, 5.74) is 0. The van der Waals surface area contributed by atoms with Crippen LogP contribution in [0.25, 0.3) is 0 Å². The molecule has 0 radical (unpaired) electrons. The summed E-state index contributed by atoms with van der Waals surface area (Å²) in [6, 6.07) is 0. The molecule has 0 N–H and O–H groups in total. The molecular formula is C13H22N2O2S. The number of rotatable bonds is 4. The van der Waals surface area contributed by atoms with Crippen molar-refractivity contribution in [3.05, 3.63) is 0 Å². The first-order valence-corrected chi connectivity index (χ1v) is 7.83. The summed E-state index contributed by atoms with van der Waals surface area (Å²) in [6.07, 6.45) is 3.05. The molecule has 0 aromatic heterocycles. The van der Waals surface area contributed by atoms with Crippen LogP contribution in [0.4, 0.5) is 0 Å². The fourth-order valence-electron chi connectivity index (χ4n) is 2.67. The van der Waals surface area contributed by atoms with Crippen molar-refractivity contribution in [1.29, 1.82) is 0 Å². The predicted octanol–water partition coefficient (Wildman–Crippen LogP) is 1.70. The first kappa shape index (κ1) is 13.7. The molecule has 2 aliphatic rings.